The lowest BCUT2D eigenvalue weighted by Crippen LogP contribution is -2.21. The quantitative estimate of drug-likeness (QED) is 0.638. The fraction of sp³-hybridized carbons (Fsp3) is 0.0625. The van der Waals surface area contributed by atoms with E-state index in [0.717, 1.165) is 10.2 Å². The lowest BCUT2D eigenvalue weighted by atomic mass is 10.2. The fourth-order valence-corrected chi connectivity index (χ4v) is 3.42. The van der Waals surface area contributed by atoms with E-state index in [1.165, 1.54) is 35.6 Å². The lowest BCUT2D eigenvalue weighted by Gasteiger charge is -2.08. The fourth-order valence-electron chi connectivity index (χ4n) is 2.14. The lowest BCUT2D eigenvalue weighted by molar-refractivity contribution is -0.119. The molecule has 3 rings (SSSR count). The Hall–Kier alpha value is -2.82. The van der Waals surface area contributed by atoms with Crippen molar-refractivity contribution in [1.82, 2.24) is 4.98 Å². The van der Waals surface area contributed by atoms with Crippen LogP contribution < -0.4 is 10.5 Å². The molecule has 1 heterocycles. The number of amides is 1. The van der Waals surface area contributed by atoms with Crippen molar-refractivity contribution in [3.05, 3.63) is 53.5 Å². The first-order valence-electron chi connectivity index (χ1n) is 7.26. The van der Waals surface area contributed by atoms with E-state index in [9.17, 15) is 18.0 Å². The topological polar surface area (TPSA) is 128 Å². The van der Waals surface area contributed by atoms with Gasteiger partial charge in [0.2, 0.25) is 10.0 Å². The molecule has 134 valence electrons. The molecule has 3 N–H and O–H groups in total. The summed E-state index contributed by atoms with van der Waals surface area (Å²) in [5.74, 6) is -1.25. The number of carbonyl (C=O) groups is 2. The van der Waals surface area contributed by atoms with E-state index < -0.39 is 28.5 Å². The number of carbonyl (C=O) groups excluding carboxylic acids is 2. The van der Waals surface area contributed by atoms with Gasteiger partial charge in [-0.2, -0.15) is 0 Å². The van der Waals surface area contributed by atoms with Gasteiger partial charge in [0, 0.05) is 5.69 Å². The van der Waals surface area contributed by atoms with Gasteiger partial charge in [0.15, 0.2) is 6.61 Å². The van der Waals surface area contributed by atoms with Crippen LogP contribution in [0.2, 0.25) is 0 Å². The van der Waals surface area contributed by atoms with Crippen molar-refractivity contribution >= 4 is 49.1 Å². The summed E-state index contributed by atoms with van der Waals surface area (Å²) in [4.78, 5) is 27.9. The molecule has 0 radical (unpaired) electrons. The Balaban J connectivity index is 1.61. The van der Waals surface area contributed by atoms with Gasteiger partial charge in [-0.15, -0.1) is 11.3 Å². The van der Waals surface area contributed by atoms with Crippen LogP contribution >= 0.6 is 11.3 Å². The van der Waals surface area contributed by atoms with Crippen molar-refractivity contribution in [3.8, 4) is 0 Å². The maximum absolute atomic E-state index is 12.0. The number of esters is 1. The van der Waals surface area contributed by atoms with Crippen LogP contribution in [0.5, 0.6) is 0 Å². The molecule has 26 heavy (non-hydrogen) atoms. The number of benzene rings is 2. The summed E-state index contributed by atoms with van der Waals surface area (Å²) >= 11 is 1.39. The van der Waals surface area contributed by atoms with Gasteiger partial charge in [0.25, 0.3) is 5.91 Å². The Labute approximate surface area is 152 Å². The van der Waals surface area contributed by atoms with Gasteiger partial charge in [0.1, 0.15) is 0 Å². The number of sulfonamides is 1. The van der Waals surface area contributed by atoms with E-state index in [0.29, 0.717) is 5.56 Å². The summed E-state index contributed by atoms with van der Waals surface area (Å²) in [5, 5.41) is 7.48. The Morgan fingerprint density at radius 1 is 1.19 bits per heavy atom. The molecular weight excluding hydrogens is 378 g/mol. The van der Waals surface area contributed by atoms with Gasteiger partial charge >= 0.3 is 5.97 Å². The number of nitrogens with one attached hydrogen (secondary N) is 1. The SMILES string of the molecule is NS(=O)(=O)c1cccc(NC(=O)COC(=O)c2ccc3ncsc3c2)c1. The van der Waals surface area contributed by atoms with Crippen molar-refractivity contribution in [3.63, 3.8) is 0 Å². The summed E-state index contributed by atoms with van der Waals surface area (Å²) in [6.45, 7) is -0.515. The highest BCUT2D eigenvalue weighted by molar-refractivity contribution is 7.89. The Morgan fingerprint density at radius 2 is 2.00 bits per heavy atom. The van der Waals surface area contributed by atoms with Crippen LogP contribution in [0.15, 0.2) is 52.9 Å². The first-order chi connectivity index (χ1) is 12.3. The summed E-state index contributed by atoms with van der Waals surface area (Å²) in [7, 11) is -3.88. The van der Waals surface area contributed by atoms with Crippen molar-refractivity contribution in [2.24, 2.45) is 5.14 Å². The Morgan fingerprint density at radius 3 is 2.77 bits per heavy atom. The second-order valence-corrected chi connectivity index (χ2v) is 7.68. The zero-order chi connectivity index (χ0) is 18.7. The molecule has 0 aliphatic rings. The Bertz CT molecular complexity index is 1090. The predicted molar refractivity (Wildman–Crippen MR) is 96.3 cm³/mol. The highest BCUT2D eigenvalue weighted by atomic mass is 32.2. The summed E-state index contributed by atoms with van der Waals surface area (Å²) < 4.78 is 28.4. The number of nitrogens with zero attached hydrogens (tertiary/aromatic N) is 1. The third-order valence-corrected chi connectivity index (χ3v) is 5.05. The molecule has 8 nitrogen and oxygen atoms in total. The average molecular weight is 391 g/mol. The molecule has 1 amide bonds. The Kier molecular flexibility index (Phi) is 4.98. The summed E-state index contributed by atoms with van der Waals surface area (Å²) in [6.07, 6.45) is 0. The van der Waals surface area contributed by atoms with Crippen LogP contribution in [0.1, 0.15) is 10.4 Å². The molecule has 0 aliphatic heterocycles. The first kappa shape index (κ1) is 18.0. The molecule has 0 saturated heterocycles. The number of fused-ring (bicyclic) bond motifs is 1. The van der Waals surface area contributed by atoms with Crippen LogP contribution in [0.4, 0.5) is 5.69 Å². The molecule has 0 spiro atoms. The number of aromatic nitrogens is 1. The normalized spacial score (nSPS) is 11.3. The molecule has 0 unspecified atom stereocenters. The monoisotopic (exact) mass is 391 g/mol. The second-order valence-electron chi connectivity index (χ2n) is 5.23. The molecule has 0 atom stereocenters. The smallest absolute Gasteiger partial charge is 0.338 e. The van der Waals surface area contributed by atoms with E-state index in [4.69, 9.17) is 9.88 Å². The van der Waals surface area contributed by atoms with Crippen LogP contribution in [0.25, 0.3) is 10.2 Å². The third-order valence-electron chi connectivity index (χ3n) is 3.35. The number of hydrogen-bond acceptors (Lipinski definition) is 7. The van der Waals surface area contributed by atoms with Crippen LogP contribution in [-0.4, -0.2) is 31.9 Å². The number of ether oxygens (including phenoxy) is 1. The second kappa shape index (κ2) is 7.20. The number of anilines is 1. The number of primary sulfonamides is 1. The number of rotatable bonds is 5. The molecule has 0 fully saturated rings. The van der Waals surface area contributed by atoms with Crippen molar-refractivity contribution < 1.29 is 22.7 Å². The average Bonchev–Trinajstić information content (AvgIpc) is 3.07. The van der Waals surface area contributed by atoms with Gasteiger partial charge in [0.05, 0.1) is 26.2 Å². The molecule has 10 heteroatoms. The van der Waals surface area contributed by atoms with Crippen molar-refractivity contribution in [1.29, 1.82) is 0 Å². The molecule has 3 aromatic rings. The summed E-state index contributed by atoms with van der Waals surface area (Å²) in [5.41, 5.74) is 2.98. The maximum atomic E-state index is 12.0. The van der Waals surface area contributed by atoms with Gasteiger partial charge < -0.3 is 10.1 Å². The van der Waals surface area contributed by atoms with E-state index in [2.05, 4.69) is 10.3 Å². The molecule has 2 aromatic carbocycles. The first-order valence-corrected chi connectivity index (χ1v) is 9.68. The van der Waals surface area contributed by atoms with E-state index in [1.807, 2.05) is 0 Å². The molecular formula is C16H13N3O5S2. The third kappa shape index (κ3) is 4.23. The minimum atomic E-state index is -3.88. The van der Waals surface area contributed by atoms with Crippen molar-refractivity contribution in [2.75, 3.05) is 11.9 Å². The molecule has 0 aliphatic carbocycles. The molecule has 0 bridgehead atoms. The zero-order valence-electron chi connectivity index (χ0n) is 13.2. The number of hydrogen-bond donors (Lipinski definition) is 2. The van der Waals surface area contributed by atoms with Crippen molar-refractivity contribution in [2.45, 2.75) is 4.90 Å². The van der Waals surface area contributed by atoms with Crippen LogP contribution in [0, 0.1) is 0 Å². The van der Waals surface area contributed by atoms with Gasteiger partial charge in [-0.05, 0) is 36.4 Å². The standard InChI is InChI=1S/C16H13N3O5S2/c17-26(22,23)12-3-1-2-11(7-12)19-15(20)8-24-16(21)10-4-5-13-14(6-10)25-9-18-13/h1-7,9H,8H2,(H,19,20)(H2,17,22,23). The highest BCUT2D eigenvalue weighted by Crippen LogP contribution is 2.19. The maximum Gasteiger partial charge on any atom is 0.338 e. The number of nitrogens with two attached hydrogens (primary N) is 1. The minimum Gasteiger partial charge on any atom is -0.452 e. The zero-order valence-corrected chi connectivity index (χ0v) is 14.8. The number of thiazole rings is 1. The van der Waals surface area contributed by atoms with Gasteiger partial charge in [-0.25, -0.2) is 23.3 Å². The molecule has 1 aromatic heterocycles. The predicted octanol–water partition coefficient (Wildman–Crippen LogP) is 1.74. The van der Waals surface area contributed by atoms with Crippen LogP contribution in [-0.2, 0) is 19.6 Å². The molecule has 0 saturated carbocycles. The minimum absolute atomic E-state index is 0.134. The van der Waals surface area contributed by atoms with Gasteiger partial charge in [-0.3, -0.25) is 4.79 Å². The largest absolute Gasteiger partial charge is 0.452 e. The van der Waals surface area contributed by atoms with E-state index >= 15 is 0 Å². The highest BCUT2D eigenvalue weighted by Gasteiger charge is 2.13. The van der Waals surface area contributed by atoms with E-state index in [-0.39, 0.29) is 10.6 Å². The summed E-state index contributed by atoms with van der Waals surface area (Å²) in [6, 6.07) is 10.4. The van der Waals surface area contributed by atoms with Crippen LogP contribution in [0.3, 0.4) is 0 Å². The van der Waals surface area contributed by atoms with Gasteiger partial charge in [-0.1, -0.05) is 6.07 Å². The van der Waals surface area contributed by atoms with E-state index in [1.54, 1.807) is 23.7 Å².